The molecule has 26 heavy (non-hydrogen) atoms. The van der Waals surface area contributed by atoms with Gasteiger partial charge in [-0.05, 0) is 23.6 Å². The fourth-order valence-corrected chi connectivity index (χ4v) is 3.53. The molecule has 0 atom stereocenters. The van der Waals surface area contributed by atoms with Gasteiger partial charge in [-0.1, -0.05) is 18.2 Å². The lowest BCUT2D eigenvalue weighted by Crippen LogP contribution is -2.06. The van der Waals surface area contributed by atoms with Crippen LogP contribution in [0.4, 0.5) is 5.82 Å². The Hall–Kier alpha value is -3.19. The van der Waals surface area contributed by atoms with Crippen molar-refractivity contribution in [2.45, 2.75) is 0 Å². The Kier molecular flexibility index (Phi) is 4.37. The van der Waals surface area contributed by atoms with E-state index >= 15 is 0 Å². The molecule has 0 amide bonds. The number of aromatic nitrogens is 4. The van der Waals surface area contributed by atoms with Crippen LogP contribution in [0.1, 0.15) is 0 Å². The fourth-order valence-electron chi connectivity index (χ4n) is 2.76. The molecule has 1 N–H and O–H groups in total. The molecule has 130 valence electrons. The minimum absolute atomic E-state index is 0.560. The third kappa shape index (κ3) is 2.93. The highest BCUT2D eigenvalue weighted by atomic mass is 32.1. The van der Waals surface area contributed by atoms with E-state index in [1.54, 1.807) is 35.5 Å². The second kappa shape index (κ2) is 6.97. The van der Waals surface area contributed by atoms with Crippen molar-refractivity contribution in [1.82, 2.24) is 19.5 Å². The number of thiophene rings is 1. The molecule has 0 spiro atoms. The van der Waals surface area contributed by atoms with Gasteiger partial charge in [0.2, 0.25) is 5.95 Å². The number of nitrogens with one attached hydrogen (secondary N) is 1. The number of rotatable bonds is 5. The molecule has 0 aliphatic heterocycles. The molecule has 1 aromatic carbocycles. The van der Waals surface area contributed by atoms with Gasteiger partial charge >= 0.3 is 0 Å². The minimum Gasteiger partial charge on any atom is -0.497 e. The van der Waals surface area contributed by atoms with Gasteiger partial charge in [0.1, 0.15) is 17.9 Å². The fraction of sp³-hybridized carbons (Fsp3) is 0.105. The Labute approximate surface area is 155 Å². The van der Waals surface area contributed by atoms with Crippen LogP contribution in [0.25, 0.3) is 27.6 Å². The number of benzene rings is 1. The monoisotopic (exact) mass is 363 g/mol. The SMILES string of the molecule is CNc1nc(-n2ccnc2)nc(-c2cccc(OC)c2)c1-c1cccs1. The molecule has 6 nitrogen and oxygen atoms in total. The zero-order chi connectivity index (χ0) is 17.9. The van der Waals surface area contributed by atoms with Crippen molar-refractivity contribution in [1.29, 1.82) is 0 Å². The molecule has 3 aromatic heterocycles. The summed E-state index contributed by atoms with van der Waals surface area (Å²) in [5, 5.41) is 5.27. The van der Waals surface area contributed by atoms with Gasteiger partial charge in [0, 0.05) is 29.9 Å². The normalized spacial score (nSPS) is 10.7. The van der Waals surface area contributed by atoms with Crippen molar-refractivity contribution in [3.8, 4) is 33.4 Å². The van der Waals surface area contributed by atoms with Gasteiger partial charge in [-0.15, -0.1) is 11.3 Å². The first-order valence-corrected chi connectivity index (χ1v) is 8.94. The Bertz CT molecular complexity index is 1010. The average Bonchev–Trinajstić information content (AvgIpc) is 3.40. The number of nitrogens with zero attached hydrogens (tertiary/aromatic N) is 4. The maximum absolute atomic E-state index is 5.39. The summed E-state index contributed by atoms with van der Waals surface area (Å²) in [6.45, 7) is 0. The lowest BCUT2D eigenvalue weighted by atomic mass is 10.0. The van der Waals surface area contributed by atoms with Crippen LogP contribution in [0.15, 0.2) is 60.5 Å². The smallest absolute Gasteiger partial charge is 0.237 e. The second-order valence-corrected chi connectivity index (χ2v) is 6.47. The Balaban J connectivity index is 2.00. The van der Waals surface area contributed by atoms with Crippen molar-refractivity contribution in [2.24, 2.45) is 0 Å². The van der Waals surface area contributed by atoms with E-state index in [-0.39, 0.29) is 0 Å². The Morgan fingerprint density at radius 3 is 2.77 bits per heavy atom. The van der Waals surface area contributed by atoms with Crippen molar-refractivity contribution in [2.75, 3.05) is 19.5 Å². The van der Waals surface area contributed by atoms with E-state index in [1.807, 2.05) is 49.0 Å². The lowest BCUT2D eigenvalue weighted by Gasteiger charge is -2.15. The second-order valence-electron chi connectivity index (χ2n) is 5.53. The van der Waals surface area contributed by atoms with Crippen LogP contribution in [-0.2, 0) is 0 Å². The maximum atomic E-state index is 5.39. The maximum Gasteiger partial charge on any atom is 0.237 e. The summed E-state index contributed by atoms with van der Waals surface area (Å²) in [5.74, 6) is 2.11. The van der Waals surface area contributed by atoms with Crippen LogP contribution in [0.3, 0.4) is 0 Å². The van der Waals surface area contributed by atoms with Crippen LogP contribution < -0.4 is 10.1 Å². The number of hydrogen-bond donors (Lipinski definition) is 1. The molecular formula is C19H17N5OS. The first kappa shape index (κ1) is 16.3. The molecule has 7 heteroatoms. The third-order valence-electron chi connectivity index (χ3n) is 3.98. The van der Waals surface area contributed by atoms with Crippen molar-refractivity contribution in [3.63, 3.8) is 0 Å². The summed E-state index contributed by atoms with van der Waals surface area (Å²) in [5.41, 5.74) is 2.78. The molecule has 0 aliphatic rings. The molecule has 0 bridgehead atoms. The summed E-state index contributed by atoms with van der Waals surface area (Å²) in [7, 11) is 3.53. The van der Waals surface area contributed by atoms with Gasteiger partial charge < -0.3 is 10.1 Å². The van der Waals surface area contributed by atoms with Gasteiger partial charge in [-0.25, -0.2) is 9.97 Å². The minimum atomic E-state index is 0.560. The molecule has 0 radical (unpaired) electrons. The number of imidazole rings is 1. The zero-order valence-electron chi connectivity index (χ0n) is 14.4. The topological polar surface area (TPSA) is 64.9 Å². The van der Waals surface area contributed by atoms with E-state index in [9.17, 15) is 0 Å². The highest BCUT2D eigenvalue weighted by Crippen LogP contribution is 2.39. The van der Waals surface area contributed by atoms with E-state index in [0.29, 0.717) is 5.95 Å². The van der Waals surface area contributed by atoms with Crippen molar-refractivity contribution >= 4 is 17.2 Å². The summed E-state index contributed by atoms with van der Waals surface area (Å²) in [6, 6.07) is 12.0. The van der Waals surface area contributed by atoms with Crippen LogP contribution >= 0.6 is 11.3 Å². The van der Waals surface area contributed by atoms with E-state index in [2.05, 4.69) is 16.4 Å². The average molecular weight is 363 g/mol. The Morgan fingerprint density at radius 2 is 2.08 bits per heavy atom. The predicted molar refractivity (Wildman–Crippen MR) is 104 cm³/mol. The first-order valence-electron chi connectivity index (χ1n) is 8.06. The number of ether oxygens (including phenoxy) is 1. The highest BCUT2D eigenvalue weighted by Gasteiger charge is 2.19. The standard InChI is InChI=1S/C19H17N5OS/c1-20-18-16(15-7-4-10-26-15)17(13-5-3-6-14(11-13)25-2)22-19(23-18)24-9-8-21-12-24/h3-12H,1-2H3,(H,20,22,23). The predicted octanol–water partition coefficient (Wildman–Crippen LogP) is 4.11. The molecule has 4 aromatic rings. The van der Waals surface area contributed by atoms with Crippen molar-refractivity contribution in [3.05, 3.63) is 60.5 Å². The highest BCUT2D eigenvalue weighted by molar-refractivity contribution is 7.13. The molecule has 3 heterocycles. The molecule has 0 saturated carbocycles. The van der Waals surface area contributed by atoms with Crippen LogP contribution in [0, 0.1) is 0 Å². The molecule has 0 fully saturated rings. The van der Waals surface area contributed by atoms with Gasteiger partial charge in [0.15, 0.2) is 0 Å². The van der Waals surface area contributed by atoms with Crippen LogP contribution in [0.5, 0.6) is 5.75 Å². The molecule has 0 saturated heterocycles. The van der Waals surface area contributed by atoms with E-state index in [4.69, 9.17) is 14.7 Å². The van der Waals surface area contributed by atoms with Gasteiger partial charge in [0.25, 0.3) is 0 Å². The van der Waals surface area contributed by atoms with Crippen LogP contribution in [0.2, 0.25) is 0 Å². The quantitative estimate of drug-likeness (QED) is 0.578. The summed E-state index contributed by atoms with van der Waals surface area (Å²) < 4.78 is 7.19. The molecular weight excluding hydrogens is 346 g/mol. The summed E-state index contributed by atoms with van der Waals surface area (Å²) in [6.07, 6.45) is 5.23. The number of hydrogen-bond acceptors (Lipinski definition) is 6. The molecule has 4 rings (SSSR count). The number of methoxy groups -OCH3 is 1. The summed E-state index contributed by atoms with van der Waals surface area (Å²) in [4.78, 5) is 14.7. The van der Waals surface area contributed by atoms with E-state index in [1.165, 1.54) is 0 Å². The van der Waals surface area contributed by atoms with Crippen LogP contribution in [-0.4, -0.2) is 33.7 Å². The van der Waals surface area contributed by atoms with Gasteiger partial charge in [0.05, 0.1) is 18.4 Å². The van der Waals surface area contributed by atoms with E-state index < -0.39 is 0 Å². The first-order chi connectivity index (χ1) is 12.8. The number of anilines is 1. The van der Waals surface area contributed by atoms with Gasteiger partial charge in [-0.3, -0.25) is 4.57 Å². The van der Waals surface area contributed by atoms with E-state index in [0.717, 1.165) is 33.3 Å². The van der Waals surface area contributed by atoms with Crippen molar-refractivity contribution < 1.29 is 4.74 Å². The molecule has 0 unspecified atom stereocenters. The Morgan fingerprint density at radius 1 is 1.15 bits per heavy atom. The summed E-state index contributed by atoms with van der Waals surface area (Å²) >= 11 is 1.66. The lowest BCUT2D eigenvalue weighted by molar-refractivity contribution is 0.415. The largest absolute Gasteiger partial charge is 0.497 e. The third-order valence-corrected chi connectivity index (χ3v) is 4.87. The van der Waals surface area contributed by atoms with Gasteiger partial charge in [-0.2, -0.15) is 4.98 Å². The zero-order valence-corrected chi connectivity index (χ0v) is 15.2. The molecule has 0 aliphatic carbocycles.